The van der Waals surface area contributed by atoms with Gasteiger partial charge in [0.05, 0.1) is 6.61 Å². The molecule has 1 radical (unpaired) electrons. The van der Waals surface area contributed by atoms with Crippen molar-refractivity contribution in [1.29, 1.82) is 0 Å². The van der Waals surface area contributed by atoms with Crippen molar-refractivity contribution in [3.8, 4) is 0 Å². The first-order chi connectivity index (χ1) is 4.16. The molecule has 0 aromatic heterocycles. The molecule has 0 saturated carbocycles. The summed E-state index contributed by atoms with van der Waals surface area (Å²) in [5.41, 5.74) is 0. The van der Waals surface area contributed by atoms with E-state index in [0.717, 1.165) is 0 Å². The van der Waals surface area contributed by atoms with Gasteiger partial charge in [0.25, 0.3) is 0 Å². The highest BCUT2D eigenvalue weighted by Crippen LogP contribution is 1.93. The Bertz CT molecular complexity index is 88.3. The molecule has 0 amide bonds. The zero-order valence-electron chi connectivity index (χ0n) is 5.72. The second-order valence-electron chi connectivity index (χ2n) is 2.10. The van der Waals surface area contributed by atoms with E-state index >= 15 is 0 Å². The third-order valence-corrected chi connectivity index (χ3v) is 0.652. The summed E-state index contributed by atoms with van der Waals surface area (Å²) in [4.78, 5) is 10.2. The summed E-state index contributed by atoms with van der Waals surface area (Å²) in [6.07, 6.45) is -0.719. The second-order valence-corrected chi connectivity index (χ2v) is 2.10. The van der Waals surface area contributed by atoms with E-state index in [-0.39, 0.29) is 0 Å². The maximum absolute atomic E-state index is 10.2. The molecule has 9 heavy (non-hydrogen) atoms. The lowest BCUT2D eigenvalue weighted by Crippen LogP contribution is -2.08. The van der Waals surface area contributed by atoms with Crippen LogP contribution in [-0.2, 0) is 9.47 Å². The van der Waals surface area contributed by atoms with Gasteiger partial charge in [0, 0.05) is 0 Å². The maximum Gasteiger partial charge on any atom is 0.508 e. The van der Waals surface area contributed by atoms with E-state index in [4.69, 9.17) is 0 Å². The van der Waals surface area contributed by atoms with Crippen LogP contribution in [0.2, 0.25) is 0 Å². The van der Waals surface area contributed by atoms with Gasteiger partial charge in [-0.1, -0.05) is 13.8 Å². The zero-order valence-corrected chi connectivity index (χ0v) is 5.72. The van der Waals surface area contributed by atoms with Gasteiger partial charge < -0.3 is 9.47 Å². The van der Waals surface area contributed by atoms with Crippen molar-refractivity contribution in [1.82, 2.24) is 0 Å². The SMILES string of the molecule is [CH2]OC(=O)OCC(C)C. The third kappa shape index (κ3) is 5.14. The third-order valence-electron chi connectivity index (χ3n) is 0.652. The van der Waals surface area contributed by atoms with Crippen LogP contribution in [0.5, 0.6) is 0 Å². The van der Waals surface area contributed by atoms with E-state index in [9.17, 15) is 4.79 Å². The number of hydrogen-bond acceptors (Lipinski definition) is 3. The van der Waals surface area contributed by atoms with Gasteiger partial charge in [0.15, 0.2) is 0 Å². The monoisotopic (exact) mass is 131 g/mol. The molecule has 0 aromatic rings. The van der Waals surface area contributed by atoms with Crippen molar-refractivity contribution in [2.24, 2.45) is 5.92 Å². The van der Waals surface area contributed by atoms with Crippen molar-refractivity contribution in [2.45, 2.75) is 13.8 Å². The highest BCUT2D eigenvalue weighted by molar-refractivity contribution is 5.59. The molecule has 0 atom stereocenters. The van der Waals surface area contributed by atoms with Crippen LogP contribution in [0.3, 0.4) is 0 Å². The Kier molecular flexibility index (Phi) is 3.84. The van der Waals surface area contributed by atoms with Crippen LogP contribution < -0.4 is 0 Å². The molecule has 0 spiro atoms. The Hall–Kier alpha value is -0.730. The van der Waals surface area contributed by atoms with Crippen molar-refractivity contribution in [3.05, 3.63) is 7.11 Å². The second kappa shape index (κ2) is 4.18. The Labute approximate surface area is 55.0 Å². The van der Waals surface area contributed by atoms with Gasteiger partial charge >= 0.3 is 6.16 Å². The molecule has 3 nitrogen and oxygen atoms in total. The van der Waals surface area contributed by atoms with Crippen LogP contribution in [0.1, 0.15) is 13.8 Å². The lowest BCUT2D eigenvalue weighted by atomic mass is 10.2. The number of carbonyl (C=O) groups excluding carboxylic acids is 1. The molecule has 0 unspecified atom stereocenters. The minimum Gasteiger partial charge on any atom is -0.434 e. The minimum absolute atomic E-state index is 0.337. The highest BCUT2D eigenvalue weighted by Gasteiger charge is 2.00. The number of rotatable bonds is 2. The van der Waals surface area contributed by atoms with Crippen LogP contribution >= 0.6 is 0 Å². The highest BCUT2D eigenvalue weighted by atomic mass is 16.7. The Morgan fingerprint density at radius 2 is 2.22 bits per heavy atom. The Morgan fingerprint density at radius 3 is 2.56 bits per heavy atom. The van der Waals surface area contributed by atoms with Crippen LogP contribution in [0.4, 0.5) is 4.79 Å². The van der Waals surface area contributed by atoms with E-state index < -0.39 is 6.16 Å². The molecule has 0 aliphatic rings. The maximum atomic E-state index is 10.2. The molecule has 0 aliphatic heterocycles. The predicted octanol–water partition coefficient (Wildman–Crippen LogP) is 1.59. The van der Waals surface area contributed by atoms with Gasteiger partial charge in [-0.05, 0) is 5.92 Å². The molecule has 0 fully saturated rings. The summed E-state index contributed by atoms with van der Waals surface area (Å²) >= 11 is 0. The molecule has 0 rings (SSSR count). The molecule has 0 heterocycles. The predicted molar refractivity (Wildman–Crippen MR) is 32.6 cm³/mol. The van der Waals surface area contributed by atoms with Crippen molar-refractivity contribution in [3.63, 3.8) is 0 Å². The molecule has 3 heteroatoms. The largest absolute Gasteiger partial charge is 0.508 e. The van der Waals surface area contributed by atoms with Crippen LogP contribution in [-0.4, -0.2) is 12.8 Å². The normalized spacial score (nSPS) is 9.33. The lowest BCUT2D eigenvalue weighted by molar-refractivity contribution is 0.0734. The summed E-state index contributed by atoms with van der Waals surface area (Å²) < 4.78 is 8.52. The Morgan fingerprint density at radius 1 is 1.67 bits per heavy atom. The van der Waals surface area contributed by atoms with Gasteiger partial charge in [-0.2, -0.15) is 0 Å². The standard InChI is InChI=1S/C6H11O3/c1-5(2)4-9-6(7)8-3/h5H,3-4H2,1-2H3. The van der Waals surface area contributed by atoms with Crippen LogP contribution in [0, 0.1) is 13.0 Å². The smallest absolute Gasteiger partial charge is 0.434 e. The van der Waals surface area contributed by atoms with Crippen LogP contribution in [0.25, 0.3) is 0 Å². The molecule has 0 bridgehead atoms. The first-order valence-electron chi connectivity index (χ1n) is 2.75. The van der Waals surface area contributed by atoms with Crippen molar-refractivity contribution < 1.29 is 14.3 Å². The van der Waals surface area contributed by atoms with Crippen molar-refractivity contribution >= 4 is 6.16 Å². The first kappa shape index (κ1) is 8.27. The molecule has 0 saturated heterocycles. The molecule has 0 aliphatic carbocycles. The molecular weight excluding hydrogens is 120 g/mol. The molecular formula is C6H11O3. The fourth-order valence-corrected chi connectivity index (χ4v) is 0.276. The average molecular weight is 131 g/mol. The summed E-state index contributed by atoms with van der Waals surface area (Å²) in [5, 5.41) is 0. The molecule has 0 aromatic carbocycles. The number of hydrogen-bond donors (Lipinski definition) is 0. The van der Waals surface area contributed by atoms with Gasteiger partial charge in [-0.3, -0.25) is 0 Å². The quantitative estimate of drug-likeness (QED) is 0.534. The van der Waals surface area contributed by atoms with E-state index in [1.807, 2.05) is 13.8 Å². The summed E-state index contributed by atoms with van der Waals surface area (Å²) in [7, 11) is 2.89. The van der Waals surface area contributed by atoms with Gasteiger partial charge in [0.1, 0.15) is 7.11 Å². The van der Waals surface area contributed by atoms with E-state index in [0.29, 0.717) is 12.5 Å². The lowest BCUT2D eigenvalue weighted by Gasteiger charge is -2.03. The Balaban J connectivity index is 3.17. The van der Waals surface area contributed by atoms with Crippen LogP contribution in [0.15, 0.2) is 0 Å². The average Bonchev–Trinajstić information content (AvgIpc) is 1.83. The van der Waals surface area contributed by atoms with Gasteiger partial charge in [-0.25, -0.2) is 4.79 Å². The summed E-state index contributed by atoms with van der Waals surface area (Å²) in [6.45, 7) is 4.26. The summed E-state index contributed by atoms with van der Waals surface area (Å²) in [5.74, 6) is 0.337. The van der Waals surface area contributed by atoms with Gasteiger partial charge in [-0.15, -0.1) is 0 Å². The first-order valence-corrected chi connectivity index (χ1v) is 2.75. The summed E-state index contributed by atoms with van der Waals surface area (Å²) in [6, 6.07) is 0. The molecule has 0 N–H and O–H groups in total. The van der Waals surface area contributed by atoms with Gasteiger partial charge in [0.2, 0.25) is 0 Å². The number of ether oxygens (including phenoxy) is 2. The topological polar surface area (TPSA) is 35.5 Å². The fraction of sp³-hybridized carbons (Fsp3) is 0.667. The fourth-order valence-electron chi connectivity index (χ4n) is 0.276. The zero-order chi connectivity index (χ0) is 7.28. The van der Waals surface area contributed by atoms with Crippen molar-refractivity contribution in [2.75, 3.05) is 6.61 Å². The van der Waals surface area contributed by atoms with E-state index in [1.54, 1.807) is 0 Å². The van der Waals surface area contributed by atoms with E-state index in [1.165, 1.54) is 0 Å². The minimum atomic E-state index is -0.719. The molecule has 53 valence electrons. The number of carbonyl (C=O) groups is 1. The van der Waals surface area contributed by atoms with E-state index in [2.05, 4.69) is 16.6 Å².